The number of pyridine rings is 1. The van der Waals surface area contributed by atoms with E-state index >= 15 is 0 Å². The molecule has 23 heavy (non-hydrogen) atoms. The quantitative estimate of drug-likeness (QED) is 0.759. The lowest BCUT2D eigenvalue weighted by Gasteiger charge is -2.06. The van der Waals surface area contributed by atoms with Crippen LogP contribution in [0.1, 0.15) is 33.8 Å². The van der Waals surface area contributed by atoms with E-state index in [0.717, 1.165) is 41.6 Å². The minimum absolute atomic E-state index is 0.124. The molecule has 5 nitrogen and oxygen atoms in total. The van der Waals surface area contributed by atoms with Gasteiger partial charge in [0.2, 0.25) is 11.5 Å². The maximum Gasteiger partial charge on any atom is 0.293 e. The van der Waals surface area contributed by atoms with Gasteiger partial charge in [-0.3, -0.25) is 4.79 Å². The molecule has 0 unspecified atom stereocenters. The molecule has 1 amide bonds. The number of amides is 1. The number of para-hydroxylation sites is 1. The molecule has 4 rings (SSSR count). The predicted octanol–water partition coefficient (Wildman–Crippen LogP) is 3.46. The molecule has 0 bridgehead atoms. The molecule has 0 saturated heterocycles. The van der Waals surface area contributed by atoms with Crippen LogP contribution in [0.25, 0.3) is 11.1 Å². The summed E-state index contributed by atoms with van der Waals surface area (Å²) in [6.45, 7) is 1.93. The Hall–Kier alpha value is -2.82. The van der Waals surface area contributed by atoms with Crippen LogP contribution >= 0.6 is 0 Å². The summed E-state index contributed by atoms with van der Waals surface area (Å²) < 4.78 is 5.65. The summed E-state index contributed by atoms with van der Waals surface area (Å²) in [6, 6.07) is 9.58. The first-order valence-corrected chi connectivity index (χ1v) is 7.71. The number of nitrogen functional groups attached to an aromatic ring is 1. The van der Waals surface area contributed by atoms with E-state index < -0.39 is 0 Å². The minimum Gasteiger partial charge on any atom is -0.430 e. The van der Waals surface area contributed by atoms with Gasteiger partial charge in [0.25, 0.3) is 5.91 Å². The van der Waals surface area contributed by atoms with Gasteiger partial charge in [-0.1, -0.05) is 18.2 Å². The van der Waals surface area contributed by atoms with Crippen LogP contribution in [0.2, 0.25) is 0 Å². The highest BCUT2D eigenvalue weighted by molar-refractivity contribution is 6.10. The van der Waals surface area contributed by atoms with E-state index in [1.807, 2.05) is 37.3 Å². The Morgan fingerprint density at radius 3 is 2.96 bits per heavy atom. The first-order valence-electron chi connectivity index (χ1n) is 7.71. The molecule has 0 atom stereocenters. The SMILES string of the molecule is Cc1ccccc1NC(=O)c1oc2nc3c(cc2c1N)CCC3. The van der Waals surface area contributed by atoms with Crippen LogP contribution in [0.3, 0.4) is 0 Å². The van der Waals surface area contributed by atoms with E-state index in [1.165, 1.54) is 5.56 Å². The fourth-order valence-electron chi connectivity index (χ4n) is 3.06. The van der Waals surface area contributed by atoms with Gasteiger partial charge in [0.05, 0.1) is 11.1 Å². The molecule has 3 aromatic rings. The third-order valence-electron chi connectivity index (χ3n) is 4.35. The van der Waals surface area contributed by atoms with Gasteiger partial charge in [-0.2, -0.15) is 0 Å². The van der Waals surface area contributed by atoms with Crippen molar-refractivity contribution < 1.29 is 9.21 Å². The summed E-state index contributed by atoms with van der Waals surface area (Å²) in [6.07, 6.45) is 3.07. The third kappa shape index (κ3) is 2.25. The Morgan fingerprint density at radius 1 is 1.30 bits per heavy atom. The summed E-state index contributed by atoms with van der Waals surface area (Å²) in [5, 5.41) is 3.57. The number of anilines is 2. The number of nitrogens with one attached hydrogen (secondary N) is 1. The first kappa shape index (κ1) is 13.8. The second-order valence-corrected chi connectivity index (χ2v) is 5.91. The standard InChI is InChI=1S/C18H17N3O2/c1-10-5-2-3-7-13(10)20-17(22)16-15(19)12-9-11-6-4-8-14(11)21-18(12)23-16/h2-3,5,7,9H,4,6,8,19H2,1H3,(H,20,22). The minimum atomic E-state index is -0.352. The number of carbonyl (C=O) groups excluding carboxylic acids is 1. The Labute approximate surface area is 133 Å². The van der Waals surface area contributed by atoms with Crippen molar-refractivity contribution in [3.8, 4) is 0 Å². The predicted molar refractivity (Wildman–Crippen MR) is 89.6 cm³/mol. The largest absolute Gasteiger partial charge is 0.430 e. The summed E-state index contributed by atoms with van der Waals surface area (Å²) in [5.74, 6) is -0.227. The molecule has 0 radical (unpaired) electrons. The monoisotopic (exact) mass is 307 g/mol. The van der Waals surface area contributed by atoms with E-state index in [1.54, 1.807) is 0 Å². The van der Waals surface area contributed by atoms with Gasteiger partial charge >= 0.3 is 0 Å². The zero-order chi connectivity index (χ0) is 16.0. The van der Waals surface area contributed by atoms with Gasteiger partial charge in [-0.05, 0) is 49.4 Å². The molecule has 2 aromatic heterocycles. The number of benzene rings is 1. The highest BCUT2D eigenvalue weighted by Crippen LogP contribution is 2.32. The normalized spacial score (nSPS) is 13.3. The number of nitrogens with two attached hydrogens (primary N) is 1. The highest BCUT2D eigenvalue weighted by Gasteiger charge is 2.23. The number of nitrogens with zero attached hydrogens (tertiary/aromatic N) is 1. The van der Waals surface area contributed by atoms with Crippen molar-refractivity contribution in [2.45, 2.75) is 26.2 Å². The van der Waals surface area contributed by atoms with E-state index in [0.29, 0.717) is 11.4 Å². The number of carbonyl (C=O) groups is 1. The van der Waals surface area contributed by atoms with Crippen molar-refractivity contribution in [1.29, 1.82) is 0 Å². The summed E-state index contributed by atoms with van der Waals surface area (Å²) in [7, 11) is 0. The van der Waals surface area contributed by atoms with E-state index in [2.05, 4.69) is 10.3 Å². The fourth-order valence-corrected chi connectivity index (χ4v) is 3.06. The molecule has 0 fully saturated rings. The Balaban J connectivity index is 1.73. The molecule has 0 spiro atoms. The van der Waals surface area contributed by atoms with Gasteiger partial charge < -0.3 is 15.5 Å². The van der Waals surface area contributed by atoms with E-state index in [9.17, 15) is 4.79 Å². The van der Waals surface area contributed by atoms with E-state index in [4.69, 9.17) is 10.2 Å². The van der Waals surface area contributed by atoms with Crippen LogP contribution in [-0.4, -0.2) is 10.9 Å². The van der Waals surface area contributed by atoms with Crippen molar-refractivity contribution >= 4 is 28.4 Å². The lowest BCUT2D eigenvalue weighted by molar-refractivity contribution is 0.0999. The van der Waals surface area contributed by atoms with Crippen LogP contribution < -0.4 is 11.1 Å². The number of aromatic nitrogens is 1. The van der Waals surface area contributed by atoms with Crippen molar-refractivity contribution in [3.05, 3.63) is 52.9 Å². The number of rotatable bonds is 2. The van der Waals surface area contributed by atoms with Gasteiger partial charge in [0, 0.05) is 11.4 Å². The van der Waals surface area contributed by atoms with Crippen LogP contribution in [-0.2, 0) is 12.8 Å². The second-order valence-electron chi connectivity index (χ2n) is 5.91. The smallest absolute Gasteiger partial charge is 0.293 e. The average molecular weight is 307 g/mol. The van der Waals surface area contributed by atoms with Crippen LogP contribution in [0.4, 0.5) is 11.4 Å². The zero-order valence-corrected chi connectivity index (χ0v) is 12.8. The molecular weight excluding hydrogens is 290 g/mol. The third-order valence-corrected chi connectivity index (χ3v) is 4.35. The summed E-state index contributed by atoms with van der Waals surface area (Å²) in [4.78, 5) is 17.0. The van der Waals surface area contributed by atoms with Crippen molar-refractivity contribution in [2.24, 2.45) is 0 Å². The van der Waals surface area contributed by atoms with Crippen molar-refractivity contribution in [2.75, 3.05) is 11.1 Å². The number of aryl methyl sites for hydroxylation is 3. The van der Waals surface area contributed by atoms with Crippen molar-refractivity contribution in [3.63, 3.8) is 0 Å². The maximum absolute atomic E-state index is 12.5. The average Bonchev–Trinajstić information content (AvgIpc) is 3.12. The van der Waals surface area contributed by atoms with E-state index in [-0.39, 0.29) is 11.7 Å². The molecule has 1 aromatic carbocycles. The molecule has 1 aliphatic carbocycles. The zero-order valence-electron chi connectivity index (χ0n) is 12.8. The van der Waals surface area contributed by atoms with Crippen LogP contribution in [0, 0.1) is 6.92 Å². The fraction of sp³-hybridized carbons (Fsp3) is 0.222. The summed E-state index contributed by atoms with van der Waals surface area (Å²) >= 11 is 0. The lowest BCUT2D eigenvalue weighted by Crippen LogP contribution is -2.13. The molecule has 1 aliphatic rings. The maximum atomic E-state index is 12.5. The van der Waals surface area contributed by atoms with Gasteiger partial charge in [-0.25, -0.2) is 4.98 Å². The number of fused-ring (bicyclic) bond motifs is 2. The van der Waals surface area contributed by atoms with Crippen LogP contribution in [0.15, 0.2) is 34.7 Å². The molecule has 116 valence electrons. The molecule has 0 saturated carbocycles. The van der Waals surface area contributed by atoms with Gasteiger partial charge in [-0.15, -0.1) is 0 Å². The molecule has 5 heteroatoms. The number of hydrogen-bond donors (Lipinski definition) is 2. The molecule has 0 aliphatic heterocycles. The highest BCUT2D eigenvalue weighted by atomic mass is 16.4. The van der Waals surface area contributed by atoms with Crippen molar-refractivity contribution in [1.82, 2.24) is 4.98 Å². The lowest BCUT2D eigenvalue weighted by atomic mass is 10.1. The Kier molecular flexibility index (Phi) is 3.08. The second kappa shape index (κ2) is 5.12. The van der Waals surface area contributed by atoms with Crippen LogP contribution in [0.5, 0.6) is 0 Å². The Morgan fingerprint density at radius 2 is 2.13 bits per heavy atom. The molecule has 3 N–H and O–H groups in total. The Bertz CT molecular complexity index is 927. The number of furan rings is 1. The number of hydrogen-bond acceptors (Lipinski definition) is 4. The van der Waals surface area contributed by atoms with Gasteiger partial charge in [0.15, 0.2) is 0 Å². The summed E-state index contributed by atoms with van der Waals surface area (Å²) in [5.41, 5.74) is 10.9. The van der Waals surface area contributed by atoms with Gasteiger partial charge in [0.1, 0.15) is 0 Å². The topological polar surface area (TPSA) is 81.2 Å². The molecular formula is C18H17N3O2. The first-order chi connectivity index (χ1) is 11.1. The molecule has 2 heterocycles.